The van der Waals surface area contributed by atoms with Crippen LogP contribution >= 0.6 is 11.5 Å². The van der Waals surface area contributed by atoms with Crippen LogP contribution in [-0.4, -0.2) is 16.1 Å². The monoisotopic (exact) mass is 205 g/mol. The Balaban J connectivity index is 2.37. The summed E-state index contributed by atoms with van der Waals surface area (Å²) in [5, 5.41) is 4.12. The average Bonchev–Trinajstić information content (AvgIpc) is 2.68. The molecule has 0 aliphatic rings. The zero-order chi connectivity index (χ0) is 9.80. The Bertz CT molecular complexity index is 397. The quantitative estimate of drug-likeness (QED) is 0.829. The maximum absolute atomic E-state index is 5.52. The molecule has 1 aromatic heterocycles. The predicted octanol–water partition coefficient (Wildman–Crippen LogP) is 1.71. The van der Waals surface area contributed by atoms with Crippen LogP contribution in [-0.2, 0) is 6.42 Å². The van der Waals surface area contributed by atoms with Gasteiger partial charge in [-0.15, -0.1) is 5.10 Å². The largest absolute Gasteiger partial charge is 0.330 e. The predicted molar refractivity (Wildman–Crippen MR) is 58.1 cm³/mol. The fraction of sp³-hybridized carbons (Fsp3) is 0.200. The number of benzene rings is 1. The molecule has 1 aromatic carbocycles. The SMILES string of the molecule is NCCc1snnc1-c1ccccc1. The molecule has 1 heterocycles. The Morgan fingerprint density at radius 1 is 1.21 bits per heavy atom. The Morgan fingerprint density at radius 3 is 2.71 bits per heavy atom. The fourth-order valence-electron chi connectivity index (χ4n) is 1.32. The Morgan fingerprint density at radius 2 is 2.00 bits per heavy atom. The van der Waals surface area contributed by atoms with Gasteiger partial charge in [-0.05, 0) is 24.5 Å². The van der Waals surface area contributed by atoms with E-state index in [1.807, 2.05) is 30.3 Å². The Labute approximate surface area is 86.7 Å². The minimum absolute atomic E-state index is 0.643. The van der Waals surface area contributed by atoms with Gasteiger partial charge in [-0.2, -0.15) is 0 Å². The van der Waals surface area contributed by atoms with Gasteiger partial charge < -0.3 is 5.73 Å². The lowest BCUT2D eigenvalue weighted by Gasteiger charge is -1.98. The van der Waals surface area contributed by atoms with Crippen LogP contribution in [0.5, 0.6) is 0 Å². The Hall–Kier alpha value is -1.26. The van der Waals surface area contributed by atoms with E-state index < -0.39 is 0 Å². The molecule has 2 aromatic rings. The highest BCUT2D eigenvalue weighted by Crippen LogP contribution is 2.23. The maximum Gasteiger partial charge on any atom is 0.109 e. The molecule has 0 saturated carbocycles. The second-order valence-corrected chi connectivity index (χ2v) is 3.79. The summed E-state index contributed by atoms with van der Waals surface area (Å²) < 4.78 is 3.95. The van der Waals surface area contributed by atoms with E-state index >= 15 is 0 Å². The second kappa shape index (κ2) is 4.30. The van der Waals surface area contributed by atoms with Gasteiger partial charge in [-0.1, -0.05) is 34.8 Å². The molecule has 4 heteroatoms. The summed E-state index contributed by atoms with van der Waals surface area (Å²) in [6.45, 7) is 0.643. The summed E-state index contributed by atoms with van der Waals surface area (Å²) >= 11 is 1.43. The van der Waals surface area contributed by atoms with Crippen molar-refractivity contribution in [1.29, 1.82) is 0 Å². The highest BCUT2D eigenvalue weighted by Gasteiger charge is 2.08. The van der Waals surface area contributed by atoms with Crippen LogP contribution in [0.25, 0.3) is 11.3 Å². The summed E-state index contributed by atoms with van der Waals surface area (Å²) in [4.78, 5) is 1.17. The molecule has 72 valence electrons. The molecular formula is C10H11N3S. The smallest absolute Gasteiger partial charge is 0.109 e. The lowest BCUT2D eigenvalue weighted by atomic mass is 10.1. The van der Waals surface area contributed by atoms with Gasteiger partial charge in [0.25, 0.3) is 0 Å². The van der Waals surface area contributed by atoms with Crippen LogP contribution in [0.4, 0.5) is 0 Å². The van der Waals surface area contributed by atoms with Crippen LogP contribution in [0.3, 0.4) is 0 Å². The molecular weight excluding hydrogens is 194 g/mol. The summed E-state index contributed by atoms with van der Waals surface area (Å²) in [7, 11) is 0. The van der Waals surface area contributed by atoms with Gasteiger partial charge in [0.1, 0.15) is 5.69 Å². The van der Waals surface area contributed by atoms with Crippen LogP contribution in [0, 0.1) is 0 Å². The van der Waals surface area contributed by atoms with Gasteiger partial charge in [-0.25, -0.2) is 0 Å². The van der Waals surface area contributed by atoms with Crippen molar-refractivity contribution in [2.75, 3.05) is 6.54 Å². The molecule has 0 amide bonds. The van der Waals surface area contributed by atoms with Gasteiger partial charge >= 0.3 is 0 Å². The lowest BCUT2D eigenvalue weighted by molar-refractivity contribution is 0.984. The first kappa shape index (κ1) is 9.30. The van der Waals surface area contributed by atoms with Gasteiger partial charge in [0.2, 0.25) is 0 Å². The number of rotatable bonds is 3. The Kier molecular flexibility index (Phi) is 2.86. The first-order chi connectivity index (χ1) is 6.92. The molecule has 0 atom stereocenters. The van der Waals surface area contributed by atoms with Crippen molar-refractivity contribution in [3.05, 3.63) is 35.2 Å². The van der Waals surface area contributed by atoms with Crippen LogP contribution in [0.1, 0.15) is 4.88 Å². The highest BCUT2D eigenvalue weighted by atomic mass is 32.1. The molecule has 0 aliphatic heterocycles. The topological polar surface area (TPSA) is 51.8 Å². The minimum Gasteiger partial charge on any atom is -0.330 e. The third-order valence-corrected chi connectivity index (χ3v) is 2.76. The molecule has 2 rings (SSSR count). The number of nitrogens with zero attached hydrogens (tertiary/aromatic N) is 2. The van der Waals surface area contributed by atoms with Gasteiger partial charge in [0.05, 0.1) is 4.88 Å². The summed E-state index contributed by atoms with van der Waals surface area (Å²) in [5.74, 6) is 0. The van der Waals surface area contributed by atoms with Gasteiger partial charge in [0, 0.05) is 5.56 Å². The highest BCUT2D eigenvalue weighted by molar-refractivity contribution is 7.06. The molecule has 0 fully saturated rings. The lowest BCUT2D eigenvalue weighted by Crippen LogP contribution is -2.02. The first-order valence-corrected chi connectivity index (χ1v) is 5.26. The van der Waals surface area contributed by atoms with E-state index in [4.69, 9.17) is 5.73 Å². The molecule has 14 heavy (non-hydrogen) atoms. The normalized spacial score (nSPS) is 10.4. The number of aromatic nitrogens is 2. The van der Waals surface area contributed by atoms with E-state index in [1.165, 1.54) is 16.4 Å². The van der Waals surface area contributed by atoms with E-state index in [-0.39, 0.29) is 0 Å². The van der Waals surface area contributed by atoms with Crippen molar-refractivity contribution >= 4 is 11.5 Å². The first-order valence-electron chi connectivity index (χ1n) is 4.48. The number of hydrogen-bond donors (Lipinski definition) is 1. The zero-order valence-electron chi connectivity index (χ0n) is 7.68. The molecule has 2 N–H and O–H groups in total. The standard InChI is InChI=1S/C10H11N3S/c11-7-6-9-10(12-13-14-9)8-4-2-1-3-5-8/h1-5H,6-7,11H2. The van der Waals surface area contributed by atoms with Crippen molar-refractivity contribution in [3.8, 4) is 11.3 Å². The van der Waals surface area contributed by atoms with Crippen LogP contribution < -0.4 is 5.73 Å². The summed E-state index contributed by atoms with van der Waals surface area (Å²) in [5.41, 5.74) is 7.61. The minimum atomic E-state index is 0.643. The zero-order valence-corrected chi connectivity index (χ0v) is 8.50. The van der Waals surface area contributed by atoms with E-state index in [0.717, 1.165) is 17.7 Å². The molecule has 0 radical (unpaired) electrons. The van der Waals surface area contributed by atoms with Gasteiger partial charge in [0.15, 0.2) is 0 Å². The van der Waals surface area contributed by atoms with Crippen molar-refractivity contribution < 1.29 is 0 Å². The second-order valence-electron chi connectivity index (χ2n) is 2.95. The molecule has 3 nitrogen and oxygen atoms in total. The van der Waals surface area contributed by atoms with Crippen LogP contribution in [0.15, 0.2) is 30.3 Å². The van der Waals surface area contributed by atoms with E-state index in [0.29, 0.717) is 6.54 Å². The van der Waals surface area contributed by atoms with Crippen molar-refractivity contribution in [3.63, 3.8) is 0 Å². The van der Waals surface area contributed by atoms with E-state index in [2.05, 4.69) is 9.59 Å². The van der Waals surface area contributed by atoms with Crippen molar-refractivity contribution in [2.24, 2.45) is 5.73 Å². The third-order valence-electron chi connectivity index (χ3n) is 1.97. The van der Waals surface area contributed by atoms with Crippen molar-refractivity contribution in [1.82, 2.24) is 9.59 Å². The maximum atomic E-state index is 5.52. The van der Waals surface area contributed by atoms with Gasteiger partial charge in [-0.3, -0.25) is 0 Å². The van der Waals surface area contributed by atoms with Crippen LogP contribution in [0.2, 0.25) is 0 Å². The number of nitrogens with two attached hydrogens (primary N) is 1. The molecule has 0 saturated heterocycles. The summed E-state index contributed by atoms with van der Waals surface area (Å²) in [6.07, 6.45) is 0.849. The average molecular weight is 205 g/mol. The van der Waals surface area contributed by atoms with Crippen molar-refractivity contribution in [2.45, 2.75) is 6.42 Å². The molecule has 0 spiro atoms. The fourth-order valence-corrected chi connectivity index (χ4v) is 1.99. The molecule has 0 bridgehead atoms. The summed E-state index contributed by atoms with van der Waals surface area (Å²) in [6, 6.07) is 10.1. The van der Waals surface area contributed by atoms with E-state index in [1.54, 1.807) is 0 Å². The molecule has 0 unspecified atom stereocenters. The van der Waals surface area contributed by atoms with E-state index in [9.17, 15) is 0 Å². The third kappa shape index (κ3) is 1.81. The molecule has 0 aliphatic carbocycles. The number of hydrogen-bond acceptors (Lipinski definition) is 4.